The van der Waals surface area contributed by atoms with Crippen LogP contribution in [0, 0.1) is 5.82 Å². The van der Waals surface area contributed by atoms with Crippen molar-refractivity contribution in [3.05, 3.63) is 39.9 Å². The fourth-order valence-corrected chi connectivity index (χ4v) is 4.28. The molecule has 4 rings (SSSR count). The average molecular weight is 468 g/mol. The minimum Gasteiger partial charge on any atom is -0.545 e. The summed E-state index contributed by atoms with van der Waals surface area (Å²) in [6.45, 7) is 4.17. The van der Waals surface area contributed by atoms with Crippen molar-refractivity contribution < 1.29 is 70.5 Å². The van der Waals surface area contributed by atoms with E-state index in [1.807, 2.05) is 9.80 Å². The molecule has 2 aromatic rings. The van der Waals surface area contributed by atoms with E-state index in [9.17, 15) is 23.9 Å². The zero-order valence-electron chi connectivity index (χ0n) is 18.7. The van der Waals surface area contributed by atoms with Crippen molar-refractivity contribution in [3.63, 3.8) is 0 Å². The average Bonchev–Trinajstić information content (AvgIpc) is 3.59. The van der Waals surface area contributed by atoms with E-state index in [4.69, 9.17) is 0 Å². The quantitative estimate of drug-likeness (QED) is 0.388. The molecule has 1 aliphatic carbocycles. The predicted molar refractivity (Wildman–Crippen MR) is 114 cm³/mol. The third-order valence-electron chi connectivity index (χ3n) is 6.23. The van der Waals surface area contributed by atoms with Crippen molar-refractivity contribution in [2.24, 2.45) is 0 Å². The third-order valence-corrected chi connectivity index (χ3v) is 6.23. The molecule has 2 aliphatic rings. The van der Waals surface area contributed by atoms with E-state index in [1.54, 1.807) is 10.6 Å². The zero-order chi connectivity index (χ0) is 22.1. The number of halogens is 1. The number of carboxylic acid groups (broad SMARTS) is 1. The fraction of sp³-hybridized carbons (Fsp3) is 0.522. The Kier molecular flexibility index (Phi) is 8.54. The van der Waals surface area contributed by atoms with Gasteiger partial charge in [0.05, 0.1) is 22.7 Å². The monoisotopic (exact) mass is 467 g/mol. The van der Waals surface area contributed by atoms with Gasteiger partial charge in [-0.3, -0.25) is 9.59 Å². The number of carbonyl (C=O) groups is 2. The van der Waals surface area contributed by atoms with Crippen molar-refractivity contribution in [1.82, 2.24) is 9.47 Å². The van der Waals surface area contributed by atoms with Gasteiger partial charge in [-0.1, -0.05) is 19.8 Å². The molecule has 0 atom stereocenters. The normalized spacial score (nSPS) is 16.2. The van der Waals surface area contributed by atoms with E-state index in [0.29, 0.717) is 43.8 Å². The number of fused-ring (bicyclic) bond motifs is 1. The molecular weight excluding hydrogens is 440 g/mol. The summed E-state index contributed by atoms with van der Waals surface area (Å²) in [5.41, 5.74) is -0.255. The zero-order valence-corrected chi connectivity index (χ0v) is 21.9. The number of hydrogen-bond acceptors (Lipinski definition) is 5. The van der Waals surface area contributed by atoms with E-state index in [2.05, 4.69) is 6.92 Å². The molecule has 9 heteroatoms. The number of aromatic nitrogens is 1. The Balaban J connectivity index is 0.00000289. The van der Waals surface area contributed by atoms with Crippen LogP contribution in [0.4, 0.5) is 10.1 Å². The molecule has 0 radical (unpaired) electrons. The van der Waals surface area contributed by atoms with Gasteiger partial charge in [0.2, 0.25) is 5.91 Å². The summed E-state index contributed by atoms with van der Waals surface area (Å²) in [4.78, 5) is 40.0. The van der Waals surface area contributed by atoms with Gasteiger partial charge in [-0.2, -0.15) is 0 Å². The van der Waals surface area contributed by atoms with Crippen molar-refractivity contribution in [2.75, 3.05) is 31.1 Å². The van der Waals surface area contributed by atoms with Gasteiger partial charge in [0, 0.05) is 50.2 Å². The number of benzene rings is 1. The van der Waals surface area contributed by atoms with Crippen LogP contribution in [-0.2, 0) is 4.79 Å². The fourth-order valence-electron chi connectivity index (χ4n) is 4.28. The van der Waals surface area contributed by atoms with Gasteiger partial charge in [-0.05, 0) is 31.4 Å². The van der Waals surface area contributed by atoms with Gasteiger partial charge < -0.3 is 24.3 Å². The topological polar surface area (TPSA) is 85.7 Å². The Labute approximate surface area is 229 Å². The van der Waals surface area contributed by atoms with Gasteiger partial charge in [0.1, 0.15) is 5.82 Å². The van der Waals surface area contributed by atoms with Crippen molar-refractivity contribution in [2.45, 2.75) is 51.5 Å². The molecule has 0 bridgehead atoms. The van der Waals surface area contributed by atoms with Gasteiger partial charge >= 0.3 is 51.4 Å². The number of rotatable bonds is 7. The number of carbonyl (C=O) groups excluding carboxylic acids is 2. The molecule has 7 nitrogen and oxygen atoms in total. The molecule has 0 N–H and O–H groups in total. The van der Waals surface area contributed by atoms with Gasteiger partial charge in [-0.25, -0.2) is 4.39 Å². The summed E-state index contributed by atoms with van der Waals surface area (Å²) in [6.07, 6.45) is 6.64. The number of anilines is 1. The first-order valence-electron chi connectivity index (χ1n) is 11.0. The van der Waals surface area contributed by atoms with Crippen molar-refractivity contribution >= 4 is 28.5 Å². The smallest absolute Gasteiger partial charge is 0.545 e. The Morgan fingerprint density at radius 2 is 1.81 bits per heavy atom. The molecule has 2 heterocycles. The first kappa shape index (κ1) is 25.4. The van der Waals surface area contributed by atoms with Crippen molar-refractivity contribution in [1.29, 1.82) is 0 Å². The summed E-state index contributed by atoms with van der Waals surface area (Å²) >= 11 is 0. The summed E-state index contributed by atoms with van der Waals surface area (Å²) < 4.78 is 16.8. The number of nitrogens with zero attached hydrogens (tertiary/aromatic N) is 3. The van der Waals surface area contributed by atoms with Crippen LogP contribution in [-0.4, -0.2) is 47.5 Å². The van der Waals surface area contributed by atoms with Crippen LogP contribution in [0.25, 0.3) is 10.9 Å². The summed E-state index contributed by atoms with van der Waals surface area (Å²) in [5.74, 6) is -1.97. The molecule has 0 spiro atoms. The van der Waals surface area contributed by atoms with Crippen LogP contribution in [0.3, 0.4) is 0 Å². The molecule has 1 amide bonds. The Bertz CT molecular complexity index is 1080. The maximum absolute atomic E-state index is 15.0. The number of aromatic carboxylic acids is 1. The molecule has 1 aliphatic heterocycles. The van der Waals surface area contributed by atoms with Gasteiger partial charge in [0.25, 0.3) is 0 Å². The van der Waals surface area contributed by atoms with E-state index < -0.39 is 22.8 Å². The molecule has 1 saturated carbocycles. The maximum Gasteiger partial charge on any atom is 1.00 e. The van der Waals surface area contributed by atoms with Gasteiger partial charge in [0.15, 0.2) is 5.43 Å². The molecule has 0 unspecified atom stereocenters. The number of carboxylic acids is 1. The van der Waals surface area contributed by atoms with Crippen LogP contribution >= 0.6 is 0 Å². The van der Waals surface area contributed by atoms with Crippen LogP contribution < -0.4 is 66.8 Å². The molecule has 166 valence electrons. The summed E-state index contributed by atoms with van der Waals surface area (Å²) in [7, 11) is 0. The Morgan fingerprint density at radius 1 is 1.12 bits per heavy atom. The van der Waals surface area contributed by atoms with E-state index in [1.165, 1.54) is 6.20 Å². The number of unbranched alkanes of at least 4 members (excludes halogenated alkanes) is 2. The second kappa shape index (κ2) is 10.8. The Morgan fingerprint density at radius 3 is 2.41 bits per heavy atom. The molecule has 32 heavy (non-hydrogen) atoms. The maximum atomic E-state index is 15.0. The number of pyridine rings is 1. The minimum atomic E-state index is -1.55. The second-order valence-electron chi connectivity index (χ2n) is 8.44. The second-order valence-corrected chi connectivity index (χ2v) is 8.44. The first-order valence-corrected chi connectivity index (χ1v) is 11.0. The van der Waals surface area contributed by atoms with Crippen LogP contribution in [0.5, 0.6) is 0 Å². The van der Waals surface area contributed by atoms with E-state index in [-0.39, 0.29) is 68.7 Å². The summed E-state index contributed by atoms with van der Waals surface area (Å²) in [6, 6.07) is 2.89. The standard InChI is InChI=1S/C23H28FN3O4.K/c1-2-3-4-5-21(28)26-10-8-25(9-11-26)20-13-19-16(12-18(20)24)22(29)17(23(30)31)14-27(19)15-6-7-15;/h12-15H,2-11H2,1H3,(H,30,31);/q;+1/p-1. The molecule has 2 fully saturated rings. The minimum absolute atomic E-state index is 0. The van der Waals surface area contributed by atoms with Gasteiger partial charge in [-0.15, -0.1) is 0 Å². The van der Waals surface area contributed by atoms with Crippen LogP contribution in [0.2, 0.25) is 0 Å². The first-order chi connectivity index (χ1) is 14.9. The Hall–Kier alpha value is -1.26. The van der Waals surface area contributed by atoms with Crippen molar-refractivity contribution in [3.8, 4) is 0 Å². The largest absolute Gasteiger partial charge is 1.00 e. The SMILES string of the molecule is CCCCCC(=O)N1CCN(c2cc3c(cc2F)c(=O)c(C(=O)[O-])cn3C2CC2)CC1.[K+]. The molecular formula is C23H27FKN3O4. The predicted octanol–water partition coefficient (Wildman–Crippen LogP) is -0.928. The van der Waals surface area contributed by atoms with Crippen LogP contribution in [0.1, 0.15) is 61.8 Å². The molecule has 1 saturated heterocycles. The molecule has 1 aromatic carbocycles. The van der Waals surface area contributed by atoms with E-state index >= 15 is 0 Å². The molecule has 1 aromatic heterocycles. The number of piperazine rings is 1. The number of hydrogen-bond donors (Lipinski definition) is 0. The third kappa shape index (κ3) is 5.28. The summed E-state index contributed by atoms with van der Waals surface area (Å²) in [5, 5.41) is 11.4. The van der Waals surface area contributed by atoms with E-state index in [0.717, 1.165) is 38.2 Å². The van der Waals surface area contributed by atoms with Crippen LogP contribution in [0.15, 0.2) is 23.1 Å². The number of amides is 1.